The Labute approximate surface area is 168 Å². The normalized spacial score (nSPS) is 13.3. The Morgan fingerprint density at radius 1 is 1.00 bits per heavy atom. The zero-order valence-corrected chi connectivity index (χ0v) is 18.3. The maximum atomic E-state index is 2.38. The molecule has 1 aromatic carbocycles. The molecule has 0 aliphatic carbocycles. The fourth-order valence-corrected chi connectivity index (χ4v) is 2.89. The van der Waals surface area contributed by atoms with Crippen LogP contribution in [0.25, 0.3) is 0 Å². The van der Waals surface area contributed by atoms with Gasteiger partial charge in [-0.2, -0.15) is 0 Å². The van der Waals surface area contributed by atoms with E-state index in [0.717, 1.165) is 32.1 Å². The Bertz CT molecular complexity index is 641. The van der Waals surface area contributed by atoms with E-state index >= 15 is 0 Å². The largest absolute Gasteiger partial charge is 0.345 e. The van der Waals surface area contributed by atoms with Crippen molar-refractivity contribution >= 4 is 5.69 Å². The highest BCUT2D eigenvalue weighted by Crippen LogP contribution is 2.20. The molecule has 0 radical (unpaired) electrons. The second-order valence-electron chi connectivity index (χ2n) is 7.54. The van der Waals surface area contributed by atoms with Gasteiger partial charge in [0.1, 0.15) is 0 Å². The Balaban J connectivity index is 2.63. The Kier molecular flexibility index (Phi) is 11.2. The van der Waals surface area contributed by atoms with Crippen molar-refractivity contribution in [3.05, 3.63) is 77.6 Å². The third-order valence-electron chi connectivity index (χ3n) is 4.54. The topological polar surface area (TPSA) is 3.24 Å². The Morgan fingerprint density at radius 3 is 2.30 bits per heavy atom. The van der Waals surface area contributed by atoms with Gasteiger partial charge in [0.15, 0.2) is 0 Å². The molecule has 27 heavy (non-hydrogen) atoms. The highest BCUT2D eigenvalue weighted by Gasteiger charge is 2.04. The summed E-state index contributed by atoms with van der Waals surface area (Å²) in [4.78, 5) is 2.27. The van der Waals surface area contributed by atoms with Crippen molar-refractivity contribution in [2.24, 2.45) is 5.92 Å². The first-order chi connectivity index (χ1) is 13.0. The van der Waals surface area contributed by atoms with Gasteiger partial charge in [-0.25, -0.2) is 0 Å². The summed E-state index contributed by atoms with van der Waals surface area (Å²) < 4.78 is 0. The van der Waals surface area contributed by atoms with Crippen LogP contribution in [-0.2, 0) is 6.42 Å². The van der Waals surface area contributed by atoms with Crippen molar-refractivity contribution in [2.75, 3.05) is 11.9 Å². The van der Waals surface area contributed by atoms with Gasteiger partial charge < -0.3 is 4.90 Å². The van der Waals surface area contributed by atoms with Crippen LogP contribution in [0.5, 0.6) is 0 Å². The molecule has 0 atom stereocenters. The second-order valence-corrected chi connectivity index (χ2v) is 7.54. The van der Waals surface area contributed by atoms with Crippen LogP contribution < -0.4 is 4.90 Å². The molecule has 0 aromatic heterocycles. The lowest BCUT2D eigenvalue weighted by Crippen LogP contribution is -2.15. The van der Waals surface area contributed by atoms with E-state index in [9.17, 15) is 0 Å². The van der Waals surface area contributed by atoms with Crippen LogP contribution in [0, 0.1) is 5.92 Å². The third-order valence-corrected chi connectivity index (χ3v) is 4.54. The number of anilines is 1. The smallest absolute Gasteiger partial charge is 0.0408 e. The molecule has 0 saturated heterocycles. The minimum Gasteiger partial charge on any atom is -0.345 e. The van der Waals surface area contributed by atoms with Crippen molar-refractivity contribution in [1.82, 2.24) is 0 Å². The van der Waals surface area contributed by atoms with Gasteiger partial charge in [0.25, 0.3) is 0 Å². The van der Waals surface area contributed by atoms with E-state index in [1.807, 2.05) is 0 Å². The molecule has 0 aliphatic heterocycles. The van der Waals surface area contributed by atoms with Gasteiger partial charge in [0, 0.05) is 18.4 Å². The van der Waals surface area contributed by atoms with Crippen LogP contribution in [0.15, 0.2) is 72.0 Å². The lowest BCUT2D eigenvalue weighted by molar-refractivity contribution is 0.826. The molecule has 0 saturated carbocycles. The van der Waals surface area contributed by atoms with Crippen LogP contribution >= 0.6 is 0 Å². The Hall–Kier alpha value is -2.02. The first-order valence-corrected chi connectivity index (χ1v) is 10.5. The predicted octanol–water partition coefficient (Wildman–Crippen LogP) is 7.86. The maximum Gasteiger partial charge on any atom is 0.0408 e. The van der Waals surface area contributed by atoms with E-state index in [4.69, 9.17) is 0 Å². The molecule has 0 amide bonds. The number of hydrogen-bond donors (Lipinski definition) is 0. The molecule has 1 aromatic rings. The zero-order valence-electron chi connectivity index (χ0n) is 18.3. The summed E-state index contributed by atoms with van der Waals surface area (Å²) in [5.41, 5.74) is 5.37. The van der Waals surface area contributed by atoms with Crippen molar-refractivity contribution < 1.29 is 0 Å². The number of allylic oxidation sites excluding steroid dienone is 7. The lowest BCUT2D eigenvalue weighted by Gasteiger charge is -2.21. The fourth-order valence-electron chi connectivity index (χ4n) is 2.89. The third kappa shape index (κ3) is 9.47. The minimum atomic E-state index is 0.639. The lowest BCUT2D eigenvalue weighted by atomic mass is 10.1. The highest BCUT2D eigenvalue weighted by atomic mass is 15.1. The minimum absolute atomic E-state index is 0.639. The maximum absolute atomic E-state index is 2.38. The van der Waals surface area contributed by atoms with Crippen molar-refractivity contribution in [3.8, 4) is 0 Å². The summed E-state index contributed by atoms with van der Waals surface area (Å²) in [5.74, 6) is 0.639. The molecular formula is C26H39N. The van der Waals surface area contributed by atoms with Gasteiger partial charge >= 0.3 is 0 Å². The zero-order chi connectivity index (χ0) is 20.1. The molecule has 1 heteroatoms. The molecule has 0 aliphatic rings. The number of rotatable bonds is 11. The molecule has 1 nitrogen and oxygen atoms in total. The van der Waals surface area contributed by atoms with Gasteiger partial charge in [-0.15, -0.1) is 0 Å². The predicted molar refractivity (Wildman–Crippen MR) is 123 cm³/mol. The summed E-state index contributed by atoms with van der Waals surface area (Å²) in [6.07, 6.45) is 19.1. The molecule has 0 heterocycles. The molecule has 148 valence electrons. The molecule has 0 fully saturated rings. The summed E-state index contributed by atoms with van der Waals surface area (Å²) in [7, 11) is 2.15. The SMILES string of the molecule is CC/C=C\C(=C/CC)N(C)c1ccc(CC/C=C(/C)C/C=C\C(C)C)cc1. The first kappa shape index (κ1) is 23.0. The number of aryl methyl sites for hydroxylation is 1. The van der Waals surface area contributed by atoms with Crippen LogP contribution in [0.1, 0.15) is 65.9 Å². The quantitative estimate of drug-likeness (QED) is 0.285. The highest BCUT2D eigenvalue weighted by molar-refractivity contribution is 5.54. The van der Waals surface area contributed by atoms with Gasteiger partial charge in [-0.05, 0) is 68.7 Å². The van der Waals surface area contributed by atoms with E-state index in [2.05, 4.69) is 107 Å². The molecule has 1 rings (SSSR count). The molecule has 0 unspecified atom stereocenters. The van der Waals surface area contributed by atoms with E-state index in [1.54, 1.807) is 0 Å². The van der Waals surface area contributed by atoms with Crippen LogP contribution in [-0.4, -0.2) is 7.05 Å². The molecule has 0 N–H and O–H groups in total. The average molecular weight is 366 g/mol. The summed E-state index contributed by atoms with van der Waals surface area (Å²) >= 11 is 0. The standard InChI is InChI=1S/C26H39N/c1-7-9-17-25(12-8-2)27(6)26-20-18-24(19-21-26)16-11-15-23(5)14-10-13-22(3)4/h9-10,12-13,15,17-22H,7-8,11,14,16H2,1-6H3/b13-10-,17-9-,23-15-,25-12+. The number of nitrogens with zero attached hydrogens (tertiary/aromatic N) is 1. The first-order valence-electron chi connectivity index (χ1n) is 10.5. The number of likely N-dealkylation sites (N-methyl/N-ethyl adjacent to an activating group) is 1. The van der Waals surface area contributed by atoms with Crippen LogP contribution in [0.2, 0.25) is 0 Å². The summed E-state index contributed by atoms with van der Waals surface area (Å²) in [6.45, 7) is 11.0. The van der Waals surface area contributed by atoms with Crippen LogP contribution in [0.4, 0.5) is 5.69 Å². The monoisotopic (exact) mass is 365 g/mol. The van der Waals surface area contributed by atoms with E-state index in [1.165, 1.54) is 22.5 Å². The second kappa shape index (κ2) is 13.2. The molecule has 0 bridgehead atoms. The average Bonchev–Trinajstić information content (AvgIpc) is 2.65. The molecular weight excluding hydrogens is 326 g/mol. The van der Waals surface area contributed by atoms with Crippen molar-refractivity contribution in [3.63, 3.8) is 0 Å². The van der Waals surface area contributed by atoms with Gasteiger partial charge in [-0.1, -0.05) is 75.8 Å². The van der Waals surface area contributed by atoms with E-state index in [0.29, 0.717) is 5.92 Å². The molecule has 0 spiro atoms. The number of hydrogen-bond acceptors (Lipinski definition) is 1. The van der Waals surface area contributed by atoms with Crippen molar-refractivity contribution in [1.29, 1.82) is 0 Å². The Morgan fingerprint density at radius 2 is 1.70 bits per heavy atom. The van der Waals surface area contributed by atoms with Gasteiger partial charge in [0.2, 0.25) is 0 Å². The summed E-state index contributed by atoms with van der Waals surface area (Å²) in [5, 5.41) is 0. The van der Waals surface area contributed by atoms with Crippen LogP contribution in [0.3, 0.4) is 0 Å². The fraction of sp³-hybridized carbons (Fsp3) is 0.462. The van der Waals surface area contributed by atoms with E-state index in [-0.39, 0.29) is 0 Å². The van der Waals surface area contributed by atoms with Gasteiger partial charge in [-0.3, -0.25) is 0 Å². The van der Waals surface area contributed by atoms with E-state index < -0.39 is 0 Å². The number of benzene rings is 1. The summed E-state index contributed by atoms with van der Waals surface area (Å²) in [6, 6.07) is 9.00. The van der Waals surface area contributed by atoms with Crippen molar-refractivity contribution in [2.45, 2.75) is 66.7 Å². The van der Waals surface area contributed by atoms with Gasteiger partial charge in [0.05, 0.1) is 0 Å².